The lowest BCUT2D eigenvalue weighted by Crippen LogP contribution is -2.48. The third-order valence-corrected chi connectivity index (χ3v) is 3.45. The first-order valence-electron chi connectivity index (χ1n) is 6.92. The van der Waals surface area contributed by atoms with E-state index in [1.165, 1.54) is 0 Å². The van der Waals surface area contributed by atoms with Gasteiger partial charge in [-0.25, -0.2) is 0 Å². The number of nitrogens with one attached hydrogen (secondary N) is 1. The van der Waals surface area contributed by atoms with Crippen LogP contribution in [-0.4, -0.2) is 42.4 Å². The number of nitrogens with zero attached hydrogens (tertiary/aromatic N) is 1. The highest BCUT2D eigenvalue weighted by Gasteiger charge is 2.28. The summed E-state index contributed by atoms with van der Waals surface area (Å²) < 4.78 is 0. The molecular weight excluding hydrogens is 230 g/mol. The minimum atomic E-state index is -0.379. The summed E-state index contributed by atoms with van der Waals surface area (Å²) in [5.41, 5.74) is 5.83. The van der Waals surface area contributed by atoms with Crippen molar-refractivity contribution >= 4 is 11.8 Å². The standard InChI is InChI=1S/C13H25N3O2/c1-3-5-11(14)13(18)16-8-6-10(7-9-16)12(17)15-4-2/h10-11H,3-9,14H2,1-2H3,(H,15,17)/t11-/m1/s1. The van der Waals surface area contributed by atoms with Crippen LogP contribution in [0.3, 0.4) is 0 Å². The molecule has 0 radical (unpaired) electrons. The lowest BCUT2D eigenvalue weighted by molar-refractivity contribution is -0.136. The van der Waals surface area contributed by atoms with E-state index in [1.807, 2.05) is 13.8 Å². The normalized spacial score (nSPS) is 18.5. The summed E-state index contributed by atoms with van der Waals surface area (Å²) in [5.74, 6) is 0.199. The Bertz CT molecular complexity index is 286. The van der Waals surface area contributed by atoms with Gasteiger partial charge in [0.1, 0.15) is 0 Å². The maximum Gasteiger partial charge on any atom is 0.239 e. The van der Waals surface area contributed by atoms with Crippen LogP contribution in [0.15, 0.2) is 0 Å². The molecule has 1 fully saturated rings. The molecular formula is C13H25N3O2. The van der Waals surface area contributed by atoms with E-state index in [2.05, 4.69) is 5.32 Å². The number of carbonyl (C=O) groups is 2. The SMILES string of the molecule is CCC[C@@H](N)C(=O)N1CCC(C(=O)NCC)CC1. The van der Waals surface area contributed by atoms with Gasteiger partial charge in [0, 0.05) is 25.6 Å². The number of likely N-dealkylation sites (tertiary alicyclic amines) is 1. The van der Waals surface area contributed by atoms with E-state index in [-0.39, 0.29) is 23.8 Å². The van der Waals surface area contributed by atoms with Crippen molar-refractivity contribution in [1.29, 1.82) is 0 Å². The third kappa shape index (κ3) is 3.98. The molecule has 0 aromatic carbocycles. The van der Waals surface area contributed by atoms with Crippen molar-refractivity contribution in [2.45, 2.75) is 45.6 Å². The monoisotopic (exact) mass is 255 g/mol. The molecule has 1 heterocycles. The first-order chi connectivity index (χ1) is 8.60. The number of nitrogens with two attached hydrogens (primary N) is 1. The highest BCUT2D eigenvalue weighted by Crippen LogP contribution is 2.18. The second kappa shape index (κ2) is 7.36. The largest absolute Gasteiger partial charge is 0.356 e. The molecule has 18 heavy (non-hydrogen) atoms. The predicted octanol–water partition coefficient (Wildman–Crippen LogP) is 0.489. The zero-order valence-electron chi connectivity index (χ0n) is 11.4. The highest BCUT2D eigenvalue weighted by atomic mass is 16.2. The number of amides is 2. The molecule has 0 unspecified atom stereocenters. The number of carbonyl (C=O) groups excluding carboxylic acids is 2. The van der Waals surface area contributed by atoms with Gasteiger partial charge in [-0.05, 0) is 26.2 Å². The van der Waals surface area contributed by atoms with E-state index in [1.54, 1.807) is 4.90 Å². The van der Waals surface area contributed by atoms with Crippen molar-refractivity contribution in [3.63, 3.8) is 0 Å². The molecule has 1 saturated heterocycles. The molecule has 0 aliphatic carbocycles. The quantitative estimate of drug-likeness (QED) is 0.750. The summed E-state index contributed by atoms with van der Waals surface area (Å²) in [7, 11) is 0. The molecule has 0 aromatic heterocycles. The van der Waals surface area contributed by atoms with E-state index >= 15 is 0 Å². The fourth-order valence-electron chi connectivity index (χ4n) is 2.35. The number of hydrogen-bond acceptors (Lipinski definition) is 3. The molecule has 104 valence electrons. The third-order valence-electron chi connectivity index (χ3n) is 3.45. The minimum absolute atomic E-state index is 0.0335. The van der Waals surface area contributed by atoms with Gasteiger partial charge in [0.2, 0.25) is 11.8 Å². The average Bonchev–Trinajstić information content (AvgIpc) is 2.38. The molecule has 1 aliphatic heterocycles. The van der Waals surface area contributed by atoms with Gasteiger partial charge >= 0.3 is 0 Å². The van der Waals surface area contributed by atoms with E-state index in [4.69, 9.17) is 5.73 Å². The molecule has 1 atom stereocenters. The van der Waals surface area contributed by atoms with E-state index in [0.717, 1.165) is 25.7 Å². The van der Waals surface area contributed by atoms with Crippen molar-refractivity contribution in [2.24, 2.45) is 11.7 Å². The predicted molar refractivity (Wildman–Crippen MR) is 70.9 cm³/mol. The minimum Gasteiger partial charge on any atom is -0.356 e. The molecule has 3 N–H and O–H groups in total. The van der Waals surface area contributed by atoms with E-state index < -0.39 is 0 Å². The molecule has 1 rings (SSSR count). The number of rotatable bonds is 5. The van der Waals surface area contributed by atoms with Crippen LogP contribution in [0.5, 0.6) is 0 Å². The van der Waals surface area contributed by atoms with Crippen LogP contribution in [0.25, 0.3) is 0 Å². The Hall–Kier alpha value is -1.10. The smallest absolute Gasteiger partial charge is 0.239 e. The van der Waals surface area contributed by atoms with Gasteiger partial charge in [-0.1, -0.05) is 13.3 Å². The fourth-order valence-corrected chi connectivity index (χ4v) is 2.35. The summed E-state index contributed by atoms with van der Waals surface area (Å²) in [6.07, 6.45) is 3.14. The first kappa shape index (κ1) is 15.0. The second-order valence-corrected chi connectivity index (χ2v) is 4.89. The van der Waals surface area contributed by atoms with Gasteiger partial charge in [0.15, 0.2) is 0 Å². The van der Waals surface area contributed by atoms with Gasteiger partial charge in [0.25, 0.3) is 0 Å². The van der Waals surface area contributed by atoms with Crippen LogP contribution < -0.4 is 11.1 Å². The summed E-state index contributed by atoms with van der Waals surface area (Å²) in [6, 6.07) is -0.379. The lowest BCUT2D eigenvalue weighted by Gasteiger charge is -2.32. The fraction of sp³-hybridized carbons (Fsp3) is 0.846. The molecule has 0 saturated carbocycles. The van der Waals surface area contributed by atoms with Crippen molar-refractivity contribution in [3.05, 3.63) is 0 Å². The Balaban J connectivity index is 2.39. The van der Waals surface area contributed by atoms with E-state index in [0.29, 0.717) is 19.6 Å². The maximum atomic E-state index is 12.0. The van der Waals surface area contributed by atoms with Gasteiger partial charge < -0.3 is 16.0 Å². The maximum absolute atomic E-state index is 12.0. The Morgan fingerprint density at radius 3 is 2.44 bits per heavy atom. The highest BCUT2D eigenvalue weighted by molar-refractivity contribution is 5.82. The van der Waals surface area contributed by atoms with Crippen molar-refractivity contribution < 1.29 is 9.59 Å². The van der Waals surface area contributed by atoms with Crippen molar-refractivity contribution in [2.75, 3.05) is 19.6 Å². The van der Waals surface area contributed by atoms with Gasteiger partial charge in [-0.3, -0.25) is 9.59 Å². The van der Waals surface area contributed by atoms with Crippen molar-refractivity contribution in [3.8, 4) is 0 Å². The van der Waals surface area contributed by atoms with Crippen LogP contribution in [-0.2, 0) is 9.59 Å². The summed E-state index contributed by atoms with van der Waals surface area (Å²) in [5, 5.41) is 2.84. The van der Waals surface area contributed by atoms with Crippen LogP contribution in [0.4, 0.5) is 0 Å². The van der Waals surface area contributed by atoms with Gasteiger partial charge in [0.05, 0.1) is 6.04 Å². The number of hydrogen-bond donors (Lipinski definition) is 2. The molecule has 5 nitrogen and oxygen atoms in total. The Morgan fingerprint density at radius 1 is 1.33 bits per heavy atom. The number of piperidine rings is 1. The van der Waals surface area contributed by atoms with Crippen LogP contribution in [0, 0.1) is 5.92 Å². The van der Waals surface area contributed by atoms with Crippen molar-refractivity contribution in [1.82, 2.24) is 10.2 Å². The topological polar surface area (TPSA) is 75.4 Å². The Labute approximate surface area is 109 Å². The summed E-state index contributed by atoms with van der Waals surface area (Å²) in [4.78, 5) is 25.5. The average molecular weight is 255 g/mol. The van der Waals surface area contributed by atoms with Crippen LogP contribution in [0.1, 0.15) is 39.5 Å². The molecule has 1 aliphatic rings. The summed E-state index contributed by atoms with van der Waals surface area (Å²) >= 11 is 0. The van der Waals surface area contributed by atoms with Gasteiger partial charge in [-0.15, -0.1) is 0 Å². The van der Waals surface area contributed by atoms with Gasteiger partial charge in [-0.2, -0.15) is 0 Å². The molecule has 2 amide bonds. The molecule has 0 aromatic rings. The molecule has 0 bridgehead atoms. The second-order valence-electron chi connectivity index (χ2n) is 4.89. The zero-order valence-corrected chi connectivity index (χ0v) is 11.4. The molecule has 0 spiro atoms. The molecule has 5 heteroatoms. The summed E-state index contributed by atoms with van der Waals surface area (Å²) in [6.45, 7) is 5.91. The van der Waals surface area contributed by atoms with E-state index in [9.17, 15) is 9.59 Å². The Kier molecular flexibility index (Phi) is 6.12. The first-order valence-corrected chi connectivity index (χ1v) is 6.92. The Morgan fingerprint density at radius 2 is 1.94 bits per heavy atom. The zero-order chi connectivity index (χ0) is 13.5. The van der Waals surface area contributed by atoms with Crippen LogP contribution in [0.2, 0.25) is 0 Å². The van der Waals surface area contributed by atoms with Crippen LogP contribution >= 0.6 is 0 Å². The lowest BCUT2D eigenvalue weighted by atomic mass is 9.95.